The Morgan fingerprint density at radius 1 is 0.947 bits per heavy atom. The zero-order valence-electron chi connectivity index (χ0n) is 10.9. The SMILES string of the molecule is c1ccc(C[C@@]23O[C@H]4[C@@H]5[C@H]6[C@@H]7C[C@H]([C@H]6[C@H]52)[C@H]3[C@H]74)cc1. The highest BCUT2D eigenvalue weighted by Gasteiger charge is 2.92. The molecule has 1 heteroatoms. The third-order valence-corrected chi connectivity index (χ3v) is 8.19. The molecule has 10 atom stereocenters. The van der Waals surface area contributed by atoms with Crippen LogP contribution in [0.15, 0.2) is 30.3 Å². The van der Waals surface area contributed by atoms with E-state index in [-0.39, 0.29) is 0 Å². The summed E-state index contributed by atoms with van der Waals surface area (Å²) in [5.74, 6) is 8.25. The predicted octanol–water partition coefficient (Wildman–Crippen LogP) is 2.75. The standard InChI is InChI=1S/C18H18O/c1-2-4-8(5-3-1)7-18-15-10-6-9-11-12(10)16(18)14(11)17(19-18)13(9)15/h1-5,9-17H,6-7H2/t9-,10+,11-,12+,13-,14+,15-,16+,17+,18-/m0/s1. The van der Waals surface area contributed by atoms with Crippen molar-refractivity contribution in [2.45, 2.75) is 24.5 Å². The van der Waals surface area contributed by atoms with E-state index in [1.807, 2.05) is 0 Å². The summed E-state index contributed by atoms with van der Waals surface area (Å²) in [6, 6.07) is 11.1. The Balaban J connectivity index is 1.42. The molecule has 19 heavy (non-hydrogen) atoms. The Kier molecular flexibility index (Phi) is 1.17. The van der Waals surface area contributed by atoms with E-state index in [4.69, 9.17) is 4.74 Å². The maximum Gasteiger partial charge on any atom is 0.0795 e. The summed E-state index contributed by atoms with van der Waals surface area (Å²) in [4.78, 5) is 0. The minimum absolute atomic E-state index is 0.290. The van der Waals surface area contributed by atoms with Crippen molar-refractivity contribution in [2.24, 2.45) is 47.3 Å². The molecule has 96 valence electrons. The number of benzene rings is 1. The first kappa shape index (κ1) is 9.18. The normalized spacial score (nSPS) is 67.5. The zero-order valence-corrected chi connectivity index (χ0v) is 10.9. The minimum atomic E-state index is 0.290. The van der Waals surface area contributed by atoms with Gasteiger partial charge in [0, 0.05) is 6.42 Å². The van der Waals surface area contributed by atoms with Crippen LogP contribution in [0, 0.1) is 47.3 Å². The fourth-order valence-electron chi connectivity index (χ4n) is 8.40. The summed E-state index contributed by atoms with van der Waals surface area (Å²) in [7, 11) is 0. The van der Waals surface area contributed by atoms with Gasteiger partial charge in [-0.1, -0.05) is 30.3 Å². The Morgan fingerprint density at radius 3 is 2.74 bits per heavy atom. The minimum Gasteiger partial charge on any atom is -0.370 e. The second kappa shape index (κ2) is 2.41. The largest absolute Gasteiger partial charge is 0.370 e. The predicted molar refractivity (Wildman–Crippen MR) is 70.3 cm³/mol. The van der Waals surface area contributed by atoms with Gasteiger partial charge in [-0.05, 0) is 59.3 Å². The van der Waals surface area contributed by atoms with Crippen LogP contribution < -0.4 is 0 Å². The van der Waals surface area contributed by atoms with Crippen LogP contribution in [-0.4, -0.2) is 11.7 Å². The summed E-state index contributed by atoms with van der Waals surface area (Å²) in [6.45, 7) is 0. The van der Waals surface area contributed by atoms with Crippen molar-refractivity contribution in [3.8, 4) is 0 Å². The lowest BCUT2D eigenvalue weighted by molar-refractivity contribution is -0.0301. The van der Waals surface area contributed by atoms with Gasteiger partial charge in [0.15, 0.2) is 0 Å². The average molecular weight is 250 g/mol. The molecule has 8 rings (SSSR count). The summed E-state index contributed by atoms with van der Waals surface area (Å²) >= 11 is 0. The summed E-state index contributed by atoms with van der Waals surface area (Å²) in [5, 5.41) is 0. The molecule has 0 aromatic heterocycles. The van der Waals surface area contributed by atoms with Gasteiger partial charge in [0.25, 0.3) is 0 Å². The lowest BCUT2D eigenvalue weighted by atomic mass is 9.57. The molecule has 7 aliphatic rings. The summed E-state index contributed by atoms with van der Waals surface area (Å²) < 4.78 is 6.76. The first-order valence-electron chi connectivity index (χ1n) is 8.12. The Bertz CT molecular complexity index is 599. The van der Waals surface area contributed by atoms with Crippen LogP contribution in [0.2, 0.25) is 0 Å². The van der Waals surface area contributed by atoms with E-state index >= 15 is 0 Å². The van der Waals surface area contributed by atoms with Crippen LogP contribution in [0.3, 0.4) is 0 Å². The third-order valence-electron chi connectivity index (χ3n) is 8.19. The molecule has 0 unspecified atom stereocenters. The van der Waals surface area contributed by atoms with Gasteiger partial charge in [-0.25, -0.2) is 0 Å². The molecular formula is C18H18O. The molecule has 2 saturated heterocycles. The monoisotopic (exact) mass is 250 g/mol. The fraction of sp³-hybridized carbons (Fsp3) is 0.667. The van der Waals surface area contributed by atoms with Crippen molar-refractivity contribution < 1.29 is 4.74 Å². The molecule has 7 fully saturated rings. The molecule has 5 aliphatic carbocycles. The topological polar surface area (TPSA) is 9.23 Å². The van der Waals surface area contributed by atoms with Crippen LogP contribution in [-0.2, 0) is 11.2 Å². The van der Waals surface area contributed by atoms with Crippen molar-refractivity contribution in [1.82, 2.24) is 0 Å². The van der Waals surface area contributed by atoms with E-state index in [2.05, 4.69) is 30.3 Å². The maximum absolute atomic E-state index is 6.76. The first-order valence-corrected chi connectivity index (χ1v) is 8.12. The van der Waals surface area contributed by atoms with E-state index in [1.165, 1.54) is 12.0 Å². The van der Waals surface area contributed by atoms with Gasteiger partial charge in [-0.2, -0.15) is 0 Å². The first-order chi connectivity index (χ1) is 9.40. The van der Waals surface area contributed by atoms with Crippen molar-refractivity contribution >= 4 is 0 Å². The highest BCUT2D eigenvalue weighted by Crippen LogP contribution is 2.90. The van der Waals surface area contributed by atoms with E-state index < -0.39 is 0 Å². The van der Waals surface area contributed by atoms with Gasteiger partial charge < -0.3 is 4.74 Å². The summed E-state index contributed by atoms with van der Waals surface area (Å²) in [5.41, 5.74) is 1.80. The highest BCUT2D eigenvalue weighted by atomic mass is 16.5. The van der Waals surface area contributed by atoms with Crippen LogP contribution in [0.1, 0.15) is 12.0 Å². The maximum atomic E-state index is 6.76. The van der Waals surface area contributed by atoms with Gasteiger partial charge in [0.1, 0.15) is 0 Å². The molecule has 5 saturated carbocycles. The molecular weight excluding hydrogens is 232 g/mol. The Labute approximate surface area is 113 Å². The Morgan fingerprint density at radius 2 is 1.84 bits per heavy atom. The second-order valence-corrected chi connectivity index (χ2v) is 8.12. The van der Waals surface area contributed by atoms with Crippen molar-refractivity contribution in [3.05, 3.63) is 35.9 Å². The van der Waals surface area contributed by atoms with Crippen LogP contribution in [0.4, 0.5) is 0 Å². The van der Waals surface area contributed by atoms with E-state index in [9.17, 15) is 0 Å². The van der Waals surface area contributed by atoms with Crippen LogP contribution in [0.5, 0.6) is 0 Å². The lowest BCUT2D eigenvalue weighted by Gasteiger charge is -2.46. The van der Waals surface area contributed by atoms with E-state index in [1.54, 1.807) is 6.42 Å². The molecule has 1 aromatic carbocycles. The van der Waals surface area contributed by atoms with Gasteiger partial charge in [-0.15, -0.1) is 0 Å². The average Bonchev–Trinajstić information content (AvgIpc) is 3.03. The molecule has 2 heterocycles. The van der Waals surface area contributed by atoms with Crippen molar-refractivity contribution in [3.63, 3.8) is 0 Å². The fourth-order valence-corrected chi connectivity index (χ4v) is 8.40. The second-order valence-electron chi connectivity index (χ2n) is 8.12. The molecule has 4 bridgehead atoms. The number of hydrogen-bond acceptors (Lipinski definition) is 1. The summed E-state index contributed by atoms with van der Waals surface area (Å²) in [6.07, 6.45) is 3.48. The molecule has 2 aliphatic heterocycles. The third kappa shape index (κ3) is 0.665. The number of rotatable bonds is 2. The number of ether oxygens (including phenoxy) is 1. The molecule has 0 spiro atoms. The Hall–Kier alpha value is -0.820. The van der Waals surface area contributed by atoms with Gasteiger partial charge in [-0.3, -0.25) is 0 Å². The van der Waals surface area contributed by atoms with E-state index in [0.717, 1.165) is 47.3 Å². The van der Waals surface area contributed by atoms with Crippen molar-refractivity contribution in [2.75, 3.05) is 0 Å². The molecule has 1 aromatic rings. The van der Waals surface area contributed by atoms with Gasteiger partial charge in [0.2, 0.25) is 0 Å². The molecule has 1 nitrogen and oxygen atoms in total. The highest BCUT2D eigenvalue weighted by molar-refractivity contribution is 5.40. The van der Waals surface area contributed by atoms with E-state index in [0.29, 0.717) is 11.7 Å². The number of hydrogen-bond donors (Lipinski definition) is 0. The molecule has 0 N–H and O–H groups in total. The van der Waals surface area contributed by atoms with Gasteiger partial charge >= 0.3 is 0 Å². The molecule has 0 radical (unpaired) electrons. The zero-order chi connectivity index (χ0) is 11.9. The quantitative estimate of drug-likeness (QED) is 0.784. The smallest absolute Gasteiger partial charge is 0.0795 e. The van der Waals surface area contributed by atoms with Crippen LogP contribution >= 0.6 is 0 Å². The molecule has 0 amide bonds. The van der Waals surface area contributed by atoms with Gasteiger partial charge in [0.05, 0.1) is 11.7 Å². The lowest BCUT2D eigenvalue weighted by Crippen LogP contribution is -2.49. The van der Waals surface area contributed by atoms with Crippen molar-refractivity contribution in [1.29, 1.82) is 0 Å². The van der Waals surface area contributed by atoms with Crippen LogP contribution in [0.25, 0.3) is 0 Å².